The van der Waals surface area contributed by atoms with Gasteiger partial charge in [0.25, 0.3) is 0 Å². The van der Waals surface area contributed by atoms with E-state index in [1.807, 2.05) is 18.4 Å². The summed E-state index contributed by atoms with van der Waals surface area (Å²) in [6.45, 7) is 4.72. The summed E-state index contributed by atoms with van der Waals surface area (Å²) in [4.78, 5) is 0. The van der Waals surface area contributed by atoms with Crippen molar-refractivity contribution in [2.45, 2.75) is 32.5 Å². The first-order chi connectivity index (χ1) is 8.90. The molecule has 0 fully saturated rings. The van der Waals surface area contributed by atoms with Crippen molar-refractivity contribution >= 4 is 10.9 Å². The Morgan fingerprint density at radius 3 is 2.53 bits per heavy atom. The third kappa shape index (κ3) is 2.34. The summed E-state index contributed by atoms with van der Waals surface area (Å²) < 4.78 is 41.3. The number of fused-ring (bicyclic) bond motifs is 1. The lowest BCUT2D eigenvalue weighted by molar-refractivity contribution is -0.136. The van der Waals surface area contributed by atoms with E-state index in [9.17, 15) is 13.2 Å². The first-order valence-corrected chi connectivity index (χ1v) is 6.29. The monoisotopic (exact) mass is 270 g/mol. The molecule has 104 valence electrons. The van der Waals surface area contributed by atoms with E-state index >= 15 is 0 Å². The van der Waals surface area contributed by atoms with E-state index in [0.717, 1.165) is 6.07 Å². The zero-order chi connectivity index (χ0) is 14.2. The molecule has 2 aromatic rings. The number of hydrogen-bond donors (Lipinski definition) is 1. The standard InChI is InChI=1S/C14H17F3N2/c1-3-19-8-10(9(2)7-18)13-11(14(15,16)17)5-4-6-12(13)19/h4-6,8-9H,3,7,18H2,1-2H3. The van der Waals surface area contributed by atoms with Gasteiger partial charge in [-0.15, -0.1) is 0 Å². The molecule has 0 bridgehead atoms. The van der Waals surface area contributed by atoms with Gasteiger partial charge < -0.3 is 10.3 Å². The van der Waals surface area contributed by atoms with E-state index in [0.29, 0.717) is 24.2 Å². The van der Waals surface area contributed by atoms with Crippen molar-refractivity contribution in [3.8, 4) is 0 Å². The molecule has 0 aliphatic carbocycles. The van der Waals surface area contributed by atoms with Crippen molar-refractivity contribution < 1.29 is 13.2 Å². The van der Waals surface area contributed by atoms with Crippen molar-refractivity contribution in [1.29, 1.82) is 0 Å². The lowest BCUT2D eigenvalue weighted by Crippen LogP contribution is -2.11. The Balaban J connectivity index is 2.82. The third-order valence-corrected chi connectivity index (χ3v) is 3.47. The number of nitrogens with two attached hydrogens (primary N) is 1. The topological polar surface area (TPSA) is 30.9 Å². The minimum atomic E-state index is -4.34. The van der Waals surface area contributed by atoms with Gasteiger partial charge in [-0.3, -0.25) is 0 Å². The first kappa shape index (κ1) is 13.9. The Bertz CT molecular complexity index is 584. The zero-order valence-electron chi connectivity index (χ0n) is 11.0. The van der Waals surface area contributed by atoms with Gasteiger partial charge in [-0.2, -0.15) is 13.2 Å². The van der Waals surface area contributed by atoms with Crippen LogP contribution in [-0.2, 0) is 12.7 Å². The Hall–Kier alpha value is -1.49. The van der Waals surface area contributed by atoms with Gasteiger partial charge in [0.2, 0.25) is 0 Å². The van der Waals surface area contributed by atoms with E-state index in [4.69, 9.17) is 5.73 Å². The Morgan fingerprint density at radius 2 is 2.00 bits per heavy atom. The highest BCUT2D eigenvalue weighted by Crippen LogP contribution is 2.39. The molecule has 19 heavy (non-hydrogen) atoms. The quantitative estimate of drug-likeness (QED) is 0.905. The molecule has 0 radical (unpaired) electrons. The fourth-order valence-electron chi connectivity index (χ4n) is 2.38. The van der Waals surface area contributed by atoms with E-state index in [-0.39, 0.29) is 11.3 Å². The Labute approximate surface area is 110 Å². The van der Waals surface area contributed by atoms with Gasteiger partial charge in [-0.25, -0.2) is 0 Å². The van der Waals surface area contributed by atoms with Gasteiger partial charge in [0, 0.05) is 23.6 Å². The van der Waals surface area contributed by atoms with E-state index in [1.54, 1.807) is 12.3 Å². The molecule has 0 amide bonds. The highest BCUT2D eigenvalue weighted by Gasteiger charge is 2.34. The van der Waals surface area contributed by atoms with Gasteiger partial charge in [0.1, 0.15) is 0 Å². The molecular weight excluding hydrogens is 253 g/mol. The maximum Gasteiger partial charge on any atom is 0.417 e. The van der Waals surface area contributed by atoms with Crippen LogP contribution in [0.1, 0.15) is 30.9 Å². The third-order valence-electron chi connectivity index (χ3n) is 3.47. The number of aryl methyl sites for hydroxylation is 1. The Kier molecular flexibility index (Phi) is 3.58. The van der Waals surface area contributed by atoms with Crippen LogP contribution in [0.3, 0.4) is 0 Å². The van der Waals surface area contributed by atoms with Crippen LogP contribution in [0.2, 0.25) is 0 Å². The second-order valence-corrected chi connectivity index (χ2v) is 4.70. The normalized spacial score (nSPS) is 14.0. The van der Waals surface area contributed by atoms with Crippen LogP contribution >= 0.6 is 0 Å². The largest absolute Gasteiger partial charge is 0.417 e. The first-order valence-electron chi connectivity index (χ1n) is 6.29. The molecule has 0 aliphatic rings. The van der Waals surface area contributed by atoms with Gasteiger partial charge >= 0.3 is 6.18 Å². The summed E-state index contributed by atoms with van der Waals surface area (Å²) >= 11 is 0. The van der Waals surface area contributed by atoms with Crippen LogP contribution < -0.4 is 5.73 Å². The number of hydrogen-bond acceptors (Lipinski definition) is 1. The number of nitrogens with zero attached hydrogens (tertiary/aromatic N) is 1. The second kappa shape index (κ2) is 4.89. The molecule has 2 rings (SSSR count). The van der Waals surface area contributed by atoms with Gasteiger partial charge in [0.15, 0.2) is 0 Å². The summed E-state index contributed by atoms with van der Waals surface area (Å²) in [5, 5.41) is 0.287. The lowest BCUT2D eigenvalue weighted by atomic mass is 9.97. The maximum absolute atomic E-state index is 13.1. The fourth-order valence-corrected chi connectivity index (χ4v) is 2.38. The molecule has 2 nitrogen and oxygen atoms in total. The number of halogens is 3. The molecule has 1 atom stereocenters. The van der Waals surface area contributed by atoms with Gasteiger partial charge in [-0.05, 0) is 37.1 Å². The van der Waals surface area contributed by atoms with Crippen LogP contribution in [0.4, 0.5) is 13.2 Å². The lowest BCUT2D eigenvalue weighted by Gasteiger charge is -2.12. The molecule has 1 aromatic heterocycles. The molecule has 1 aromatic carbocycles. The van der Waals surface area contributed by atoms with Gasteiger partial charge in [-0.1, -0.05) is 13.0 Å². The highest BCUT2D eigenvalue weighted by atomic mass is 19.4. The van der Waals surface area contributed by atoms with E-state index < -0.39 is 11.7 Å². The van der Waals surface area contributed by atoms with Crippen molar-refractivity contribution in [1.82, 2.24) is 4.57 Å². The summed E-state index contributed by atoms with van der Waals surface area (Å²) in [5.74, 6) is -0.0983. The summed E-state index contributed by atoms with van der Waals surface area (Å²) in [6, 6.07) is 4.31. The predicted molar refractivity (Wildman–Crippen MR) is 70.1 cm³/mol. The minimum Gasteiger partial charge on any atom is -0.347 e. The van der Waals surface area contributed by atoms with Gasteiger partial charge in [0.05, 0.1) is 5.56 Å². The molecule has 2 N–H and O–H groups in total. The predicted octanol–water partition coefficient (Wildman–Crippen LogP) is 3.74. The molecule has 0 spiro atoms. The van der Waals surface area contributed by atoms with Crippen LogP contribution in [-0.4, -0.2) is 11.1 Å². The van der Waals surface area contributed by atoms with Crippen LogP contribution in [0.25, 0.3) is 10.9 Å². The van der Waals surface area contributed by atoms with Crippen LogP contribution in [0.15, 0.2) is 24.4 Å². The molecule has 0 saturated heterocycles. The summed E-state index contributed by atoms with van der Waals surface area (Å²) in [5.41, 5.74) is 6.33. The molecule has 5 heteroatoms. The van der Waals surface area contributed by atoms with E-state index in [1.165, 1.54) is 6.07 Å². The second-order valence-electron chi connectivity index (χ2n) is 4.70. The summed E-state index contributed by atoms with van der Waals surface area (Å²) in [7, 11) is 0. The molecular formula is C14H17F3N2. The van der Waals surface area contributed by atoms with Crippen LogP contribution in [0.5, 0.6) is 0 Å². The molecule has 0 saturated carbocycles. The number of benzene rings is 1. The highest BCUT2D eigenvalue weighted by molar-refractivity contribution is 5.88. The van der Waals surface area contributed by atoms with Crippen molar-refractivity contribution in [2.24, 2.45) is 5.73 Å². The smallest absolute Gasteiger partial charge is 0.347 e. The number of aromatic nitrogens is 1. The number of alkyl halides is 3. The Morgan fingerprint density at radius 1 is 1.32 bits per heavy atom. The summed E-state index contributed by atoms with van der Waals surface area (Å²) in [6.07, 6.45) is -2.56. The minimum absolute atomic E-state index is 0.0983. The zero-order valence-corrected chi connectivity index (χ0v) is 11.0. The van der Waals surface area contributed by atoms with Crippen molar-refractivity contribution in [3.63, 3.8) is 0 Å². The van der Waals surface area contributed by atoms with Crippen molar-refractivity contribution in [3.05, 3.63) is 35.5 Å². The molecule has 1 heterocycles. The van der Waals surface area contributed by atoms with Crippen LogP contribution in [0, 0.1) is 0 Å². The average Bonchev–Trinajstić information content (AvgIpc) is 2.75. The maximum atomic E-state index is 13.1. The number of rotatable bonds is 3. The SMILES string of the molecule is CCn1cc(C(C)CN)c2c(C(F)(F)F)cccc21. The van der Waals surface area contributed by atoms with Crippen molar-refractivity contribution in [2.75, 3.05) is 6.54 Å². The molecule has 1 unspecified atom stereocenters. The molecule has 0 aliphatic heterocycles. The van der Waals surface area contributed by atoms with E-state index in [2.05, 4.69) is 0 Å². The fraction of sp³-hybridized carbons (Fsp3) is 0.429. The average molecular weight is 270 g/mol.